The molecule has 27 heavy (non-hydrogen) atoms. The van der Waals surface area contributed by atoms with Crippen molar-refractivity contribution in [2.24, 2.45) is 0 Å². The van der Waals surface area contributed by atoms with Crippen molar-refractivity contribution in [2.45, 2.75) is 41.6 Å². The average Bonchev–Trinajstić information content (AvgIpc) is 2.68. The largest absolute Gasteiger partial charge is 0.451 e. The van der Waals surface area contributed by atoms with E-state index in [1.54, 1.807) is 12.1 Å². The van der Waals surface area contributed by atoms with Crippen LogP contribution in [-0.2, 0) is 19.4 Å². The van der Waals surface area contributed by atoms with Gasteiger partial charge in [-0.05, 0) is 49.6 Å². The second-order valence-corrected chi connectivity index (χ2v) is 8.53. The van der Waals surface area contributed by atoms with Crippen LogP contribution in [-0.4, -0.2) is 32.1 Å². The third-order valence-electron chi connectivity index (χ3n) is 4.92. The number of carbonyl (C=O) groups is 3. The molecule has 0 bridgehead atoms. The maximum Gasteiger partial charge on any atom is 0.338 e. The van der Waals surface area contributed by atoms with Gasteiger partial charge in [0.15, 0.2) is 17.7 Å². The number of esters is 1. The summed E-state index contributed by atoms with van der Waals surface area (Å²) in [4.78, 5) is 36.6. The molecule has 6 nitrogen and oxygen atoms in total. The van der Waals surface area contributed by atoms with E-state index >= 15 is 0 Å². The fourth-order valence-electron chi connectivity index (χ4n) is 3.48. The van der Waals surface area contributed by atoms with Gasteiger partial charge in [0.05, 0.1) is 15.4 Å². The summed E-state index contributed by atoms with van der Waals surface area (Å²) in [6.07, 6.45) is 1.64. The number of ether oxygens (including phenoxy) is 1. The van der Waals surface area contributed by atoms with E-state index in [-0.39, 0.29) is 32.3 Å². The Morgan fingerprint density at radius 2 is 1.70 bits per heavy atom. The topological polar surface area (TPSA) is 94.6 Å². The number of fused-ring (bicyclic) bond motifs is 2. The van der Waals surface area contributed by atoms with E-state index in [4.69, 9.17) is 4.74 Å². The van der Waals surface area contributed by atoms with Crippen molar-refractivity contribution in [3.05, 3.63) is 59.2 Å². The molecule has 0 N–H and O–H groups in total. The van der Waals surface area contributed by atoms with Crippen LogP contribution in [0.2, 0.25) is 0 Å². The normalized spacial score (nSPS) is 20.5. The molecule has 0 spiro atoms. The van der Waals surface area contributed by atoms with Gasteiger partial charge in [-0.1, -0.05) is 12.1 Å². The monoisotopic (exact) mass is 384 g/mol. The molecule has 0 aromatic heterocycles. The van der Waals surface area contributed by atoms with E-state index < -0.39 is 27.7 Å². The van der Waals surface area contributed by atoms with Crippen LogP contribution in [0.1, 0.15) is 52.0 Å². The zero-order chi connectivity index (χ0) is 19.2. The molecule has 2 aliphatic rings. The molecule has 1 aliphatic carbocycles. The lowest BCUT2D eigenvalue weighted by molar-refractivity contribution is -0.129. The van der Waals surface area contributed by atoms with E-state index in [9.17, 15) is 22.8 Å². The van der Waals surface area contributed by atoms with Crippen molar-refractivity contribution in [1.29, 1.82) is 0 Å². The fraction of sp³-hybridized carbons (Fsp3) is 0.250. The molecule has 0 amide bonds. The number of ketones is 2. The quantitative estimate of drug-likeness (QED) is 0.631. The second kappa shape index (κ2) is 6.42. The van der Waals surface area contributed by atoms with Gasteiger partial charge in [-0.2, -0.15) is 0 Å². The van der Waals surface area contributed by atoms with Gasteiger partial charge in [-0.25, -0.2) is 13.2 Å². The Morgan fingerprint density at radius 3 is 2.48 bits per heavy atom. The Hall–Kier alpha value is -2.80. The summed E-state index contributed by atoms with van der Waals surface area (Å²) >= 11 is 0. The summed E-state index contributed by atoms with van der Waals surface area (Å²) in [6, 6.07) is 9.83. The Morgan fingerprint density at radius 1 is 0.963 bits per heavy atom. The summed E-state index contributed by atoms with van der Waals surface area (Å²) in [5, 5.41) is 0. The molecule has 4 rings (SSSR count). The molecule has 1 fully saturated rings. The maximum absolute atomic E-state index is 12.9. The van der Waals surface area contributed by atoms with E-state index in [1.807, 2.05) is 0 Å². The summed E-state index contributed by atoms with van der Waals surface area (Å²) < 4.78 is 31.1. The molecule has 0 unspecified atom stereocenters. The van der Waals surface area contributed by atoms with Crippen molar-refractivity contribution < 1.29 is 27.5 Å². The van der Waals surface area contributed by atoms with Gasteiger partial charge in [0, 0.05) is 17.5 Å². The van der Waals surface area contributed by atoms with Gasteiger partial charge < -0.3 is 4.74 Å². The number of hydrogen-bond acceptors (Lipinski definition) is 6. The SMILES string of the molecule is O=C(O[C@@H]1CCCCC1=O)c1ccc2c(c1)S(=O)(=O)c1ccccc1C2=O. The second-order valence-electron chi connectivity index (χ2n) is 6.65. The number of sulfone groups is 1. The van der Waals surface area contributed by atoms with E-state index in [2.05, 4.69) is 0 Å². The number of Topliss-reactive ketones (excluding diaryl/α,β-unsaturated/α-hetero) is 1. The Bertz CT molecular complexity index is 1080. The predicted octanol–water partition coefficient (Wildman–Crippen LogP) is 2.73. The van der Waals surface area contributed by atoms with Crippen LogP contribution in [0.15, 0.2) is 52.3 Å². The Kier molecular flexibility index (Phi) is 4.19. The van der Waals surface area contributed by atoms with Crippen molar-refractivity contribution >= 4 is 27.4 Å². The third kappa shape index (κ3) is 2.88. The van der Waals surface area contributed by atoms with Crippen LogP contribution in [0.4, 0.5) is 0 Å². The van der Waals surface area contributed by atoms with Gasteiger partial charge >= 0.3 is 5.97 Å². The molecule has 7 heteroatoms. The molecule has 138 valence electrons. The zero-order valence-electron chi connectivity index (χ0n) is 14.3. The van der Waals surface area contributed by atoms with Crippen LogP contribution in [0.3, 0.4) is 0 Å². The molecule has 2 aromatic carbocycles. The molecule has 1 atom stereocenters. The minimum atomic E-state index is -3.93. The molecule has 1 saturated carbocycles. The van der Waals surface area contributed by atoms with Crippen LogP contribution < -0.4 is 0 Å². The smallest absolute Gasteiger partial charge is 0.338 e. The molecule has 1 heterocycles. The van der Waals surface area contributed by atoms with Crippen molar-refractivity contribution in [2.75, 3.05) is 0 Å². The molecular formula is C20H16O6S. The number of carbonyl (C=O) groups excluding carboxylic acids is 3. The predicted molar refractivity (Wildman–Crippen MR) is 94.4 cm³/mol. The van der Waals surface area contributed by atoms with Crippen molar-refractivity contribution in [3.8, 4) is 0 Å². The first-order valence-corrected chi connectivity index (χ1v) is 10.1. The van der Waals surface area contributed by atoms with Gasteiger partial charge in [0.25, 0.3) is 0 Å². The molecule has 2 aromatic rings. The van der Waals surface area contributed by atoms with E-state index in [0.717, 1.165) is 18.9 Å². The molecule has 0 saturated heterocycles. The lowest BCUT2D eigenvalue weighted by Gasteiger charge is -2.22. The van der Waals surface area contributed by atoms with Crippen molar-refractivity contribution in [3.63, 3.8) is 0 Å². The highest BCUT2D eigenvalue weighted by molar-refractivity contribution is 7.91. The lowest BCUT2D eigenvalue weighted by Crippen LogP contribution is -2.30. The van der Waals surface area contributed by atoms with E-state index in [1.165, 1.54) is 24.3 Å². The summed E-state index contributed by atoms with van der Waals surface area (Å²) in [5.41, 5.74) is 0.148. The van der Waals surface area contributed by atoms with Crippen molar-refractivity contribution in [1.82, 2.24) is 0 Å². The van der Waals surface area contributed by atoms with Gasteiger partial charge in [0.1, 0.15) is 0 Å². The average molecular weight is 384 g/mol. The van der Waals surface area contributed by atoms with Gasteiger partial charge in [-0.3, -0.25) is 9.59 Å². The minimum absolute atomic E-state index is 0.00267. The Labute approximate surface area is 156 Å². The lowest BCUT2D eigenvalue weighted by atomic mass is 9.96. The Balaban J connectivity index is 1.71. The van der Waals surface area contributed by atoms with Crippen LogP contribution in [0.25, 0.3) is 0 Å². The summed E-state index contributed by atoms with van der Waals surface area (Å²) in [7, 11) is -3.93. The maximum atomic E-state index is 12.9. The van der Waals surface area contributed by atoms with Crippen LogP contribution in [0.5, 0.6) is 0 Å². The third-order valence-corrected chi connectivity index (χ3v) is 6.77. The first-order chi connectivity index (χ1) is 12.9. The molecule has 1 aliphatic heterocycles. The van der Waals surface area contributed by atoms with Crippen LogP contribution in [0, 0.1) is 0 Å². The molecular weight excluding hydrogens is 368 g/mol. The summed E-state index contributed by atoms with van der Waals surface area (Å²) in [6.45, 7) is 0. The minimum Gasteiger partial charge on any atom is -0.451 e. The first kappa shape index (κ1) is 17.6. The number of hydrogen-bond donors (Lipinski definition) is 0. The first-order valence-electron chi connectivity index (χ1n) is 8.66. The fourth-order valence-corrected chi connectivity index (χ4v) is 5.16. The highest BCUT2D eigenvalue weighted by Gasteiger charge is 2.35. The van der Waals surface area contributed by atoms with Gasteiger partial charge in [-0.15, -0.1) is 0 Å². The highest BCUT2D eigenvalue weighted by atomic mass is 32.2. The summed E-state index contributed by atoms with van der Waals surface area (Å²) in [5.74, 6) is -1.29. The number of benzene rings is 2. The van der Waals surface area contributed by atoms with Crippen LogP contribution >= 0.6 is 0 Å². The van der Waals surface area contributed by atoms with Gasteiger partial charge in [0.2, 0.25) is 9.84 Å². The van der Waals surface area contributed by atoms with E-state index in [0.29, 0.717) is 12.8 Å². The standard InChI is InChI=1S/C20H16O6S/c21-15-6-2-3-7-16(15)26-20(23)12-9-10-14-18(11-12)27(24,25)17-8-4-1-5-13(17)19(14)22/h1,4-5,8-11,16H,2-3,6-7H2/t16-/m1/s1. The highest BCUT2D eigenvalue weighted by Crippen LogP contribution is 2.35. The molecule has 0 radical (unpaired) electrons. The zero-order valence-corrected chi connectivity index (χ0v) is 15.1. The number of rotatable bonds is 2.